The van der Waals surface area contributed by atoms with Crippen LogP contribution in [0.25, 0.3) is 0 Å². The van der Waals surface area contributed by atoms with E-state index in [-0.39, 0.29) is 23.2 Å². The number of hydrogen-bond acceptors (Lipinski definition) is 4. The molecular weight excluding hydrogens is 270 g/mol. The lowest BCUT2D eigenvalue weighted by molar-refractivity contribution is -0.133. The maximum atomic E-state index is 12.2. The second-order valence-corrected chi connectivity index (χ2v) is 5.55. The number of carbonyl (C=O) groups excluding carboxylic acids is 1. The third-order valence-corrected chi connectivity index (χ3v) is 3.86. The first kappa shape index (κ1) is 15.3. The van der Waals surface area contributed by atoms with Crippen LogP contribution in [0.2, 0.25) is 0 Å². The number of aromatic carboxylic acids is 1. The number of hydrogen-bond donors (Lipinski definition) is 2. The molecule has 1 atom stereocenters. The zero-order valence-corrected chi connectivity index (χ0v) is 12.4. The van der Waals surface area contributed by atoms with Crippen molar-refractivity contribution >= 4 is 17.6 Å². The highest BCUT2D eigenvalue weighted by Gasteiger charge is 2.32. The number of carboxylic acid groups (broad SMARTS) is 1. The van der Waals surface area contributed by atoms with Crippen molar-refractivity contribution in [3.63, 3.8) is 0 Å². The van der Waals surface area contributed by atoms with Gasteiger partial charge in [-0.2, -0.15) is 0 Å². The van der Waals surface area contributed by atoms with Gasteiger partial charge in [0.1, 0.15) is 0 Å². The Kier molecular flexibility index (Phi) is 4.47. The summed E-state index contributed by atoms with van der Waals surface area (Å²) in [6.07, 6.45) is 1.75. The Morgan fingerprint density at radius 2 is 2.14 bits per heavy atom. The smallest absolute Gasteiger partial charge is 0.338 e. The molecule has 1 unspecified atom stereocenters. The molecule has 0 saturated carbocycles. The van der Waals surface area contributed by atoms with E-state index in [0.717, 1.165) is 19.4 Å². The molecule has 1 aromatic carbocycles. The van der Waals surface area contributed by atoms with Gasteiger partial charge in [-0.15, -0.1) is 0 Å². The largest absolute Gasteiger partial charge is 0.478 e. The van der Waals surface area contributed by atoms with Crippen molar-refractivity contribution in [1.82, 2.24) is 9.80 Å². The number of nitrogens with zero attached hydrogens (tertiary/aromatic N) is 2. The van der Waals surface area contributed by atoms with Crippen molar-refractivity contribution in [3.8, 4) is 0 Å². The van der Waals surface area contributed by atoms with Crippen LogP contribution in [0.15, 0.2) is 18.2 Å². The molecule has 2 rings (SSSR count). The Morgan fingerprint density at radius 3 is 2.76 bits per heavy atom. The summed E-state index contributed by atoms with van der Waals surface area (Å²) in [7, 11) is 3.48. The summed E-state index contributed by atoms with van der Waals surface area (Å²) in [6.45, 7) is 1.22. The van der Waals surface area contributed by atoms with Crippen LogP contribution in [-0.2, 0) is 11.3 Å². The standard InChI is InChI=1S/C15H21N3O3/c1-17(2)14(19)12-7-4-8-18(12)9-10-5-3-6-11(16)13(10)15(20)21/h3,5-6,12H,4,7-9,16H2,1-2H3,(H,20,21). The lowest BCUT2D eigenvalue weighted by atomic mass is 10.0. The molecule has 6 nitrogen and oxygen atoms in total. The lowest BCUT2D eigenvalue weighted by Gasteiger charge is -2.26. The van der Waals surface area contributed by atoms with E-state index in [2.05, 4.69) is 0 Å². The van der Waals surface area contributed by atoms with Gasteiger partial charge in [0, 0.05) is 26.3 Å². The average Bonchev–Trinajstić information content (AvgIpc) is 2.85. The second kappa shape index (κ2) is 6.13. The number of carboxylic acids is 1. The molecule has 3 N–H and O–H groups in total. The predicted molar refractivity (Wildman–Crippen MR) is 79.9 cm³/mol. The molecule has 1 fully saturated rings. The fourth-order valence-corrected chi connectivity index (χ4v) is 2.82. The number of rotatable bonds is 4. The van der Waals surface area contributed by atoms with Crippen LogP contribution in [0.4, 0.5) is 5.69 Å². The summed E-state index contributed by atoms with van der Waals surface area (Å²) in [5.41, 5.74) is 6.82. The minimum absolute atomic E-state index is 0.0632. The van der Waals surface area contributed by atoms with Gasteiger partial charge in [-0.05, 0) is 31.0 Å². The van der Waals surface area contributed by atoms with E-state index in [0.29, 0.717) is 12.1 Å². The van der Waals surface area contributed by atoms with E-state index in [9.17, 15) is 14.7 Å². The number of nitrogen functional groups attached to an aromatic ring is 1. The first-order valence-corrected chi connectivity index (χ1v) is 6.97. The van der Waals surface area contributed by atoms with Crippen LogP contribution >= 0.6 is 0 Å². The molecule has 1 aliphatic rings. The zero-order valence-electron chi connectivity index (χ0n) is 12.4. The van der Waals surface area contributed by atoms with E-state index in [4.69, 9.17) is 5.73 Å². The van der Waals surface area contributed by atoms with Crippen molar-refractivity contribution in [2.75, 3.05) is 26.4 Å². The minimum atomic E-state index is -1.03. The number of carbonyl (C=O) groups is 2. The summed E-state index contributed by atoms with van der Waals surface area (Å²) in [5, 5.41) is 9.31. The normalized spacial score (nSPS) is 18.7. The van der Waals surface area contributed by atoms with Gasteiger partial charge in [0.25, 0.3) is 0 Å². The molecule has 1 aromatic rings. The Balaban J connectivity index is 2.24. The molecular formula is C15H21N3O3. The van der Waals surface area contributed by atoms with Crippen molar-refractivity contribution in [1.29, 1.82) is 0 Å². The number of amides is 1. The third-order valence-electron chi connectivity index (χ3n) is 3.86. The summed E-state index contributed by atoms with van der Waals surface area (Å²) in [5.74, 6) is -0.967. The molecule has 21 heavy (non-hydrogen) atoms. The van der Waals surface area contributed by atoms with Crippen LogP contribution in [0.5, 0.6) is 0 Å². The van der Waals surface area contributed by atoms with E-state index in [1.165, 1.54) is 0 Å². The van der Waals surface area contributed by atoms with Gasteiger partial charge in [0.15, 0.2) is 0 Å². The molecule has 6 heteroatoms. The fraction of sp³-hybridized carbons (Fsp3) is 0.467. The van der Waals surface area contributed by atoms with Crippen LogP contribution in [0, 0.1) is 0 Å². The monoisotopic (exact) mass is 291 g/mol. The van der Waals surface area contributed by atoms with E-state index < -0.39 is 5.97 Å². The second-order valence-electron chi connectivity index (χ2n) is 5.55. The Bertz CT molecular complexity index is 557. The summed E-state index contributed by atoms with van der Waals surface area (Å²) in [6, 6.07) is 4.91. The number of likely N-dealkylation sites (tertiary alicyclic amines) is 1. The average molecular weight is 291 g/mol. The number of nitrogens with two attached hydrogens (primary N) is 1. The number of benzene rings is 1. The molecule has 0 radical (unpaired) electrons. The van der Waals surface area contributed by atoms with Gasteiger partial charge in [-0.1, -0.05) is 12.1 Å². The van der Waals surface area contributed by atoms with Gasteiger partial charge in [-0.25, -0.2) is 4.79 Å². The van der Waals surface area contributed by atoms with Crippen LogP contribution in [-0.4, -0.2) is 53.5 Å². The van der Waals surface area contributed by atoms with Crippen molar-refractivity contribution in [2.24, 2.45) is 0 Å². The first-order valence-electron chi connectivity index (χ1n) is 6.97. The highest BCUT2D eigenvalue weighted by Crippen LogP contribution is 2.25. The quantitative estimate of drug-likeness (QED) is 0.809. The molecule has 1 heterocycles. The van der Waals surface area contributed by atoms with Crippen LogP contribution in [0.1, 0.15) is 28.8 Å². The molecule has 0 spiro atoms. The molecule has 114 valence electrons. The van der Waals surface area contributed by atoms with Gasteiger partial charge in [-0.3, -0.25) is 9.69 Å². The molecule has 0 bridgehead atoms. The lowest BCUT2D eigenvalue weighted by Crippen LogP contribution is -2.42. The van der Waals surface area contributed by atoms with Crippen molar-refractivity contribution < 1.29 is 14.7 Å². The number of likely N-dealkylation sites (N-methyl/N-ethyl adjacent to an activating group) is 1. The van der Waals surface area contributed by atoms with Gasteiger partial charge in [0.2, 0.25) is 5.91 Å². The highest BCUT2D eigenvalue weighted by atomic mass is 16.4. The molecule has 1 saturated heterocycles. The first-order chi connectivity index (χ1) is 9.91. The molecule has 1 aliphatic heterocycles. The van der Waals surface area contributed by atoms with E-state index >= 15 is 0 Å². The maximum absolute atomic E-state index is 12.2. The topological polar surface area (TPSA) is 86.9 Å². The Morgan fingerprint density at radius 1 is 1.43 bits per heavy atom. The summed E-state index contributed by atoms with van der Waals surface area (Å²) >= 11 is 0. The molecule has 0 aromatic heterocycles. The summed E-state index contributed by atoms with van der Waals surface area (Å²) < 4.78 is 0. The van der Waals surface area contributed by atoms with Crippen LogP contribution in [0.3, 0.4) is 0 Å². The van der Waals surface area contributed by atoms with Gasteiger partial charge in [0.05, 0.1) is 11.6 Å². The number of anilines is 1. The van der Waals surface area contributed by atoms with Crippen LogP contribution < -0.4 is 5.73 Å². The molecule has 0 aliphatic carbocycles. The minimum Gasteiger partial charge on any atom is -0.478 e. The Labute approximate surface area is 124 Å². The zero-order chi connectivity index (χ0) is 15.6. The van der Waals surface area contributed by atoms with Crippen molar-refractivity contribution in [2.45, 2.75) is 25.4 Å². The Hall–Kier alpha value is -2.08. The predicted octanol–water partition coefficient (Wildman–Crippen LogP) is 1.02. The maximum Gasteiger partial charge on any atom is 0.338 e. The third kappa shape index (κ3) is 3.16. The van der Waals surface area contributed by atoms with Gasteiger partial charge < -0.3 is 15.7 Å². The summed E-state index contributed by atoms with van der Waals surface area (Å²) in [4.78, 5) is 27.2. The SMILES string of the molecule is CN(C)C(=O)C1CCCN1Cc1cccc(N)c1C(=O)O. The molecule has 1 amide bonds. The fourth-order valence-electron chi connectivity index (χ4n) is 2.82. The van der Waals surface area contributed by atoms with Crippen molar-refractivity contribution in [3.05, 3.63) is 29.3 Å². The van der Waals surface area contributed by atoms with E-state index in [1.54, 1.807) is 37.2 Å². The van der Waals surface area contributed by atoms with Gasteiger partial charge >= 0.3 is 5.97 Å². The highest BCUT2D eigenvalue weighted by molar-refractivity contribution is 5.95. The van der Waals surface area contributed by atoms with E-state index in [1.807, 2.05) is 4.90 Å².